The van der Waals surface area contributed by atoms with Crippen LogP contribution in [0.15, 0.2) is 54.5 Å². The molecule has 0 amide bonds. The summed E-state index contributed by atoms with van der Waals surface area (Å²) in [6.07, 6.45) is 3.53. The van der Waals surface area contributed by atoms with Gasteiger partial charge < -0.3 is 16.1 Å². The number of fused-ring (bicyclic) bond motifs is 1. The zero-order valence-corrected chi connectivity index (χ0v) is 23.3. The van der Waals surface area contributed by atoms with Crippen LogP contribution in [-0.2, 0) is 0 Å². The average Bonchev–Trinajstić information content (AvgIpc) is 3.36. The Bertz CT molecular complexity index is 1470. The van der Waals surface area contributed by atoms with Crippen molar-refractivity contribution in [3.05, 3.63) is 76.2 Å². The summed E-state index contributed by atoms with van der Waals surface area (Å²) in [4.78, 5) is 4.46. The third-order valence-electron chi connectivity index (χ3n) is 6.16. The molecule has 1 aromatic heterocycles. The molecule has 9 heteroatoms. The van der Waals surface area contributed by atoms with Crippen LogP contribution in [0.25, 0.3) is 10.9 Å². The Kier molecular flexibility index (Phi) is 7.42. The van der Waals surface area contributed by atoms with Crippen molar-refractivity contribution in [2.75, 3.05) is 17.2 Å². The fourth-order valence-electron chi connectivity index (χ4n) is 4.14. The van der Waals surface area contributed by atoms with Crippen LogP contribution in [-0.4, -0.2) is 22.1 Å². The summed E-state index contributed by atoms with van der Waals surface area (Å²) in [5.41, 5.74) is 10.8. The molecule has 8 nitrogen and oxygen atoms in total. The maximum absolute atomic E-state index is 10.0. The van der Waals surface area contributed by atoms with Gasteiger partial charge in [0, 0.05) is 40.6 Å². The normalized spacial score (nSPS) is 14.3. The van der Waals surface area contributed by atoms with Crippen LogP contribution in [0, 0.1) is 28.1 Å². The molecule has 0 radical (unpaired) electrons. The minimum Gasteiger partial charge on any atom is -0.383 e. The average molecular weight is 529 g/mol. The number of pyridine rings is 1. The number of hydrogen-bond donors (Lipinski definition) is 4. The van der Waals surface area contributed by atoms with Gasteiger partial charge in [0.15, 0.2) is 0 Å². The van der Waals surface area contributed by atoms with Gasteiger partial charge in [-0.15, -0.1) is 5.53 Å². The highest BCUT2D eigenvalue weighted by atomic mass is 35.5. The third-order valence-corrected chi connectivity index (χ3v) is 6.50. The maximum atomic E-state index is 10.0. The molecule has 1 unspecified atom stereocenters. The number of aromatic nitrogens is 1. The zero-order valence-electron chi connectivity index (χ0n) is 22.6. The number of anilines is 2. The predicted octanol–water partition coefficient (Wildman–Crippen LogP) is 6.21. The summed E-state index contributed by atoms with van der Waals surface area (Å²) in [7, 11) is 0. The van der Waals surface area contributed by atoms with E-state index < -0.39 is 0 Å². The van der Waals surface area contributed by atoms with E-state index in [9.17, 15) is 10.5 Å². The Morgan fingerprint density at radius 1 is 1.05 bits per heavy atom. The van der Waals surface area contributed by atoms with Crippen LogP contribution in [0.5, 0.6) is 0 Å². The van der Waals surface area contributed by atoms with E-state index in [1.807, 2.05) is 41.5 Å². The van der Waals surface area contributed by atoms with E-state index in [0.29, 0.717) is 45.0 Å². The van der Waals surface area contributed by atoms with Crippen molar-refractivity contribution in [1.82, 2.24) is 21.0 Å². The molecule has 1 atom stereocenters. The van der Waals surface area contributed by atoms with Gasteiger partial charge in [0.2, 0.25) is 0 Å². The highest BCUT2D eigenvalue weighted by Gasteiger charge is 2.29. The largest absolute Gasteiger partial charge is 0.383 e. The highest BCUT2D eigenvalue weighted by molar-refractivity contribution is 6.31. The van der Waals surface area contributed by atoms with Crippen LogP contribution in [0.1, 0.15) is 64.3 Å². The van der Waals surface area contributed by atoms with Crippen LogP contribution in [0.3, 0.4) is 0 Å². The van der Waals surface area contributed by atoms with Gasteiger partial charge in [0.05, 0.1) is 34.1 Å². The Morgan fingerprint density at radius 2 is 1.76 bits per heavy atom. The van der Waals surface area contributed by atoms with Gasteiger partial charge in [0.1, 0.15) is 12.1 Å². The second-order valence-electron chi connectivity index (χ2n) is 11.6. The first kappa shape index (κ1) is 27.1. The minimum absolute atomic E-state index is 0.0159. The molecule has 0 aliphatic carbocycles. The Labute approximate surface area is 229 Å². The molecule has 38 heavy (non-hydrogen) atoms. The first-order valence-corrected chi connectivity index (χ1v) is 12.8. The molecule has 4 rings (SSSR count). The zero-order chi connectivity index (χ0) is 27.7. The molecular formula is C29H33ClN8. The van der Waals surface area contributed by atoms with E-state index in [0.717, 1.165) is 11.3 Å². The van der Waals surface area contributed by atoms with E-state index in [4.69, 9.17) is 11.6 Å². The lowest BCUT2D eigenvalue weighted by Gasteiger charge is -2.30. The lowest BCUT2D eigenvalue weighted by Crippen LogP contribution is -2.47. The molecule has 1 aliphatic heterocycles. The van der Waals surface area contributed by atoms with Crippen LogP contribution < -0.4 is 21.6 Å². The Hall–Kier alpha value is -3.98. The molecular weight excluding hydrogens is 496 g/mol. The molecule has 2 heterocycles. The number of nitrogens with zero attached hydrogens (tertiary/aromatic N) is 4. The number of hydrogen-bond acceptors (Lipinski definition) is 8. The topological polar surface area (TPSA) is 112 Å². The molecule has 0 spiro atoms. The molecule has 2 aromatic carbocycles. The van der Waals surface area contributed by atoms with Gasteiger partial charge in [-0.2, -0.15) is 10.5 Å². The fraction of sp³-hybridized carbons (Fsp3) is 0.345. The maximum Gasteiger partial charge on any atom is 0.103 e. The van der Waals surface area contributed by atoms with Crippen molar-refractivity contribution >= 4 is 33.9 Å². The number of hydrazine groups is 2. The molecule has 1 aliphatic rings. The summed E-state index contributed by atoms with van der Waals surface area (Å²) < 4.78 is 0. The summed E-state index contributed by atoms with van der Waals surface area (Å²) in [6, 6.07) is 15.5. The number of benzene rings is 2. The number of rotatable bonds is 6. The predicted molar refractivity (Wildman–Crippen MR) is 153 cm³/mol. The van der Waals surface area contributed by atoms with Gasteiger partial charge in [-0.05, 0) is 49.9 Å². The second-order valence-corrected chi connectivity index (χ2v) is 12.0. The first-order valence-electron chi connectivity index (χ1n) is 12.5. The SMILES string of the molecule is CC(C)(C)CNc1c(C#N)cnc2c(C#N)cc(NC(C3=CN(C(C)(C)C)NN3)c3ccccc3Cl)cc12. The van der Waals surface area contributed by atoms with E-state index in [1.54, 1.807) is 6.07 Å². The molecule has 0 fully saturated rings. The van der Waals surface area contributed by atoms with Gasteiger partial charge in [-0.1, -0.05) is 50.6 Å². The van der Waals surface area contributed by atoms with Gasteiger partial charge in [-0.3, -0.25) is 9.99 Å². The number of nitriles is 2. The molecule has 4 N–H and O–H groups in total. The van der Waals surface area contributed by atoms with Crippen molar-refractivity contribution in [2.45, 2.75) is 53.1 Å². The van der Waals surface area contributed by atoms with Crippen LogP contribution in [0.4, 0.5) is 11.4 Å². The summed E-state index contributed by atoms with van der Waals surface area (Å²) in [5, 5.41) is 30.1. The van der Waals surface area contributed by atoms with Crippen molar-refractivity contribution in [1.29, 1.82) is 10.5 Å². The van der Waals surface area contributed by atoms with Crippen molar-refractivity contribution in [3.63, 3.8) is 0 Å². The number of nitrogens with one attached hydrogen (secondary N) is 4. The number of halogens is 1. The van der Waals surface area contributed by atoms with Crippen molar-refractivity contribution in [3.8, 4) is 12.1 Å². The minimum atomic E-state index is -0.356. The van der Waals surface area contributed by atoms with Crippen molar-refractivity contribution < 1.29 is 0 Å². The van der Waals surface area contributed by atoms with Crippen LogP contribution in [0.2, 0.25) is 5.02 Å². The van der Waals surface area contributed by atoms with Crippen LogP contribution >= 0.6 is 11.6 Å². The van der Waals surface area contributed by atoms with Gasteiger partial charge >= 0.3 is 0 Å². The lowest BCUT2D eigenvalue weighted by atomic mass is 9.96. The van der Waals surface area contributed by atoms with E-state index in [1.165, 1.54) is 6.20 Å². The van der Waals surface area contributed by atoms with E-state index in [-0.39, 0.29) is 17.0 Å². The highest BCUT2D eigenvalue weighted by Crippen LogP contribution is 2.36. The lowest BCUT2D eigenvalue weighted by molar-refractivity contribution is 0.138. The third kappa shape index (κ3) is 5.78. The molecule has 0 saturated carbocycles. The Morgan fingerprint density at radius 3 is 2.37 bits per heavy atom. The van der Waals surface area contributed by atoms with Gasteiger partial charge in [0.25, 0.3) is 0 Å². The summed E-state index contributed by atoms with van der Waals surface area (Å²) in [6.45, 7) is 13.3. The fourth-order valence-corrected chi connectivity index (χ4v) is 4.38. The molecule has 0 bridgehead atoms. The molecule has 3 aromatic rings. The van der Waals surface area contributed by atoms with Crippen molar-refractivity contribution in [2.24, 2.45) is 5.41 Å². The van der Waals surface area contributed by atoms with E-state index >= 15 is 0 Å². The first-order chi connectivity index (χ1) is 17.9. The summed E-state index contributed by atoms with van der Waals surface area (Å²) >= 11 is 6.65. The quantitative estimate of drug-likeness (QED) is 0.299. The molecule has 196 valence electrons. The van der Waals surface area contributed by atoms with E-state index in [2.05, 4.69) is 80.3 Å². The van der Waals surface area contributed by atoms with Gasteiger partial charge in [-0.25, -0.2) is 0 Å². The smallest absolute Gasteiger partial charge is 0.103 e. The standard InChI is InChI=1S/C29H33ClN8/c1-28(2,3)17-34-26-19(14-32)15-33-25-18(13-31)11-20(12-22(25)26)35-27(21-9-7-8-10-23(21)30)24-16-38(37-36-24)29(4,5)6/h7-12,15-16,27,35-37H,17H2,1-6H3,(H,33,34). The monoisotopic (exact) mass is 528 g/mol. The molecule has 0 saturated heterocycles. The second kappa shape index (κ2) is 10.4. The Balaban J connectivity index is 1.85. The summed E-state index contributed by atoms with van der Waals surface area (Å²) in [5.74, 6) is 0.